The molecule has 7 nitrogen and oxygen atoms in total. The van der Waals surface area contributed by atoms with E-state index in [1.165, 1.54) is 10.7 Å². The lowest BCUT2D eigenvalue weighted by atomic mass is 10.1. The normalized spacial score (nSPS) is 10.8. The molecule has 0 bridgehead atoms. The fourth-order valence-corrected chi connectivity index (χ4v) is 3.52. The molecule has 1 aromatic heterocycles. The van der Waals surface area contributed by atoms with E-state index < -0.39 is 11.7 Å². The first-order chi connectivity index (χ1) is 17.5. The molecule has 3 aromatic carbocycles. The van der Waals surface area contributed by atoms with Crippen molar-refractivity contribution >= 4 is 29.5 Å². The first-order valence-electron chi connectivity index (χ1n) is 11.2. The van der Waals surface area contributed by atoms with E-state index in [-0.39, 0.29) is 18.8 Å². The van der Waals surface area contributed by atoms with Crippen LogP contribution in [0.2, 0.25) is 5.02 Å². The second-order valence-corrected chi connectivity index (χ2v) is 8.24. The standard InChI is InChI=1S/C28H24ClN3O4/c1-35-24-15-11-22(12-16-24)25-18-26(30-28(34)36-19-21-6-3-2-4-7-21)27(33)32(31-25)17-5-8-20-9-13-23(29)14-10-20/h2-16,18H,17,19H2,1H3,(H,30,34)/b8-5+. The predicted octanol–water partition coefficient (Wildman–Crippen LogP) is 6.03. The lowest BCUT2D eigenvalue weighted by Gasteiger charge is -2.11. The van der Waals surface area contributed by atoms with E-state index in [0.717, 1.165) is 16.7 Å². The van der Waals surface area contributed by atoms with Gasteiger partial charge in [-0.3, -0.25) is 10.1 Å². The number of methoxy groups -OCH3 is 1. The van der Waals surface area contributed by atoms with Gasteiger partial charge in [0, 0.05) is 10.6 Å². The summed E-state index contributed by atoms with van der Waals surface area (Å²) in [5.41, 5.74) is 2.65. The van der Waals surface area contributed by atoms with Gasteiger partial charge >= 0.3 is 6.09 Å². The SMILES string of the molecule is COc1ccc(-c2cc(NC(=O)OCc3ccccc3)c(=O)n(C/C=C/c3ccc(Cl)cc3)n2)cc1. The van der Waals surface area contributed by atoms with Gasteiger partial charge in [-0.1, -0.05) is 66.2 Å². The van der Waals surface area contributed by atoms with E-state index in [0.29, 0.717) is 16.5 Å². The average Bonchev–Trinajstić information content (AvgIpc) is 2.91. The van der Waals surface area contributed by atoms with E-state index in [2.05, 4.69) is 10.4 Å². The van der Waals surface area contributed by atoms with Gasteiger partial charge in [-0.15, -0.1) is 0 Å². The molecule has 0 saturated heterocycles. The molecule has 0 radical (unpaired) electrons. The van der Waals surface area contributed by atoms with Crippen LogP contribution in [0.25, 0.3) is 17.3 Å². The maximum Gasteiger partial charge on any atom is 0.412 e. The number of anilines is 1. The average molecular weight is 502 g/mol. The Labute approximate surface area is 213 Å². The van der Waals surface area contributed by atoms with Crippen molar-refractivity contribution in [3.63, 3.8) is 0 Å². The topological polar surface area (TPSA) is 82.5 Å². The number of benzene rings is 3. The molecule has 0 fully saturated rings. The van der Waals surface area contributed by atoms with Gasteiger partial charge < -0.3 is 9.47 Å². The summed E-state index contributed by atoms with van der Waals surface area (Å²) in [6.07, 6.45) is 2.95. The predicted molar refractivity (Wildman–Crippen MR) is 141 cm³/mol. The van der Waals surface area contributed by atoms with Crippen LogP contribution in [0, 0.1) is 0 Å². The van der Waals surface area contributed by atoms with E-state index in [9.17, 15) is 9.59 Å². The van der Waals surface area contributed by atoms with Gasteiger partial charge in [0.15, 0.2) is 0 Å². The molecule has 1 N–H and O–H groups in total. The van der Waals surface area contributed by atoms with Gasteiger partial charge in [-0.2, -0.15) is 5.10 Å². The highest BCUT2D eigenvalue weighted by Crippen LogP contribution is 2.22. The summed E-state index contributed by atoms with van der Waals surface area (Å²) in [7, 11) is 1.59. The molecule has 4 aromatic rings. The van der Waals surface area contributed by atoms with Gasteiger partial charge in [0.25, 0.3) is 5.56 Å². The third-order valence-corrected chi connectivity index (χ3v) is 5.52. The van der Waals surface area contributed by atoms with Gasteiger partial charge in [0.05, 0.1) is 19.3 Å². The lowest BCUT2D eigenvalue weighted by Crippen LogP contribution is -2.28. The van der Waals surface area contributed by atoms with Crippen LogP contribution in [0.1, 0.15) is 11.1 Å². The highest BCUT2D eigenvalue weighted by atomic mass is 35.5. The smallest absolute Gasteiger partial charge is 0.412 e. The largest absolute Gasteiger partial charge is 0.497 e. The molecule has 0 saturated carbocycles. The van der Waals surface area contributed by atoms with Crippen LogP contribution in [0.4, 0.5) is 10.5 Å². The number of carbonyl (C=O) groups excluding carboxylic acids is 1. The van der Waals surface area contributed by atoms with Crippen molar-refractivity contribution in [1.82, 2.24) is 9.78 Å². The van der Waals surface area contributed by atoms with Crippen LogP contribution >= 0.6 is 11.6 Å². The lowest BCUT2D eigenvalue weighted by molar-refractivity contribution is 0.155. The Bertz CT molecular complexity index is 1400. The molecule has 0 spiro atoms. The molecule has 0 aliphatic carbocycles. The Morgan fingerprint density at radius 3 is 2.44 bits per heavy atom. The summed E-state index contributed by atoms with van der Waals surface area (Å²) in [5, 5.41) is 7.72. The number of nitrogens with zero attached hydrogens (tertiary/aromatic N) is 2. The van der Waals surface area contributed by atoms with Crippen molar-refractivity contribution in [2.24, 2.45) is 0 Å². The summed E-state index contributed by atoms with van der Waals surface area (Å²) in [6.45, 7) is 0.278. The van der Waals surface area contributed by atoms with Gasteiger partial charge in [-0.25, -0.2) is 9.48 Å². The van der Waals surface area contributed by atoms with Gasteiger partial charge in [-0.05, 0) is 53.6 Å². The van der Waals surface area contributed by atoms with E-state index >= 15 is 0 Å². The molecule has 0 aliphatic heterocycles. The molecular weight excluding hydrogens is 478 g/mol. The fraction of sp³-hybridized carbons (Fsp3) is 0.107. The number of allylic oxidation sites excluding steroid dienone is 1. The van der Waals surface area contributed by atoms with Crippen molar-refractivity contribution in [2.75, 3.05) is 12.4 Å². The zero-order chi connectivity index (χ0) is 25.3. The molecule has 0 atom stereocenters. The first kappa shape index (κ1) is 24.8. The molecule has 1 amide bonds. The second-order valence-electron chi connectivity index (χ2n) is 7.80. The molecule has 0 aliphatic rings. The molecular formula is C28H24ClN3O4. The van der Waals surface area contributed by atoms with Crippen LogP contribution in [0.15, 0.2) is 95.8 Å². The Balaban J connectivity index is 1.58. The maximum atomic E-state index is 13.1. The number of halogens is 1. The Morgan fingerprint density at radius 1 is 1.03 bits per heavy atom. The number of hydrogen-bond acceptors (Lipinski definition) is 5. The van der Waals surface area contributed by atoms with Crippen molar-refractivity contribution in [3.05, 3.63) is 118 Å². The minimum absolute atomic E-state index is 0.0637. The summed E-state index contributed by atoms with van der Waals surface area (Å²) in [5.74, 6) is 0.695. The fourth-order valence-electron chi connectivity index (χ4n) is 3.39. The van der Waals surface area contributed by atoms with E-state index in [1.807, 2.05) is 66.7 Å². The summed E-state index contributed by atoms with van der Waals surface area (Å²) < 4.78 is 11.8. The zero-order valence-electron chi connectivity index (χ0n) is 19.6. The third kappa shape index (κ3) is 6.61. The number of aromatic nitrogens is 2. The number of hydrogen-bond donors (Lipinski definition) is 1. The number of ether oxygens (including phenoxy) is 2. The Kier molecular flexibility index (Phi) is 8.16. The zero-order valence-corrected chi connectivity index (χ0v) is 20.3. The van der Waals surface area contributed by atoms with Crippen LogP contribution < -0.4 is 15.6 Å². The van der Waals surface area contributed by atoms with Gasteiger partial charge in [0.2, 0.25) is 0 Å². The van der Waals surface area contributed by atoms with Crippen molar-refractivity contribution in [2.45, 2.75) is 13.2 Å². The minimum atomic E-state index is -0.730. The Morgan fingerprint density at radius 2 is 1.75 bits per heavy atom. The molecule has 1 heterocycles. The molecule has 8 heteroatoms. The molecule has 182 valence electrons. The van der Waals surface area contributed by atoms with Crippen molar-refractivity contribution in [3.8, 4) is 17.0 Å². The van der Waals surface area contributed by atoms with E-state index in [1.54, 1.807) is 31.4 Å². The van der Waals surface area contributed by atoms with E-state index in [4.69, 9.17) is 21.1 Å². The molecule has 0 unspecified atom stereocenters. The quantitative estimate of drug-likeness (QED) is 0.318. The molecule has 4 rings (SSSR count). The number of carbonyl (C=O) groups is 1. The highest BCUT2D eigenvalue weighted by Gasteiger charge is 2.13. The van der Waals surface area contributed by atoms with Gasteiger partial charge in [0.1, 0.15) is 18.0 Å². The van der Waals surface area contributed by atoms with Crippen LogP contribution in [-0.4, -0.2) is 23.0 Å². The summed E-state index contributed by atoms with van der Waals surface area (Å²) >= 11 is 5.94. The number of amides is 1. The minimum Gasteiger partial charge on any atom is -0.497 e. The molecule has 36 heavy (non-hydrogen) atoms. The summed E-state index contributed by atoms with van der Waals surface area (Å²) in [4.78, 5) is 25.6. The summed E-state index contributed by atoms with van der Waals surface area (Å²) in [6, 6.07) is 25.4. The highest BCUT2D eigenvalue weighted by molar-refractivity contribution is 6.30. The second kappa shape index (κ2) is 11.9. The maximum absolute atomic E-state index is 13.1. The number of rotatable bonds is 8. The number of nitrogens with one attached hydrogen (secondary N) is 1. The Hall–Kier alpha value is -4.36. The monoisotopic (exact) mass is 501 g/mol. The van der Waals surface area contributed by atoms with Crippen molar-refractivity contribution < 1.29 is 14.3 Å². The van der Waals surface area contributed by atoms with Crippen molar-refractivity contribution in [1.29, 1.82) is 0 Å². The third-order valence-electron chi connectivity index (χ3n) is 5.27. The van der Waals surface area contributed by atoms with Crippen LogP contribution in [-0.2, 0) is 17.9 Å². The van der Waals surface area contributed by atoms with Crippen LogP contribution in [0.3, 0.4) is 0 Å². The van der Waals surface area contributed by atoms with Crippen LogP contribution in [0.5, 0.6) is 5.75 Å². The first-order valence-corrected chi connectivity index (χ1v) is 11.6.